The van der Waals surface area contributed by atoms with Crippen molar-refractivity contribution in [3.8, 4) is 0 Å². The third-order valence-corrected chi connectivity index (χ3v) is 11.8. The summed E-state index contributed by atoms with van der Waals surface area (Å²) < 4.78 is 0. The van der Waals surface area contributed by atoms with Crippen molar-refractivity contribution < 1.29 is 0 Å². The fourth-order valence-electron chi connectivity index (χ4n) is 8.45. The summed E-state index contributed by atoms with van der Waals surface area (Å²) in [5, 5.41) is 0. The van der Waals surface area contributed by atoms with E-state index in [1.165, 1.54) is 69.8 Å². The first-order chi connectivity index (χ1) is 14.5. The van der Waals surface area contributed by atoms with Gasteiger partial charge in [-0.25, -0.2) is 0 Å². The van der Waals surface area contributed by atoms with Crippen molar-refractivity contribution in [1.29, 1.82) is 0 Å². The number of rotatable bonds is 6. The molecule has 0 radical (unpaired) electrons. The van der Waals surface area contributed by atoms with Gasteiger partial charge < -0.3 is 0 Å². The molecule has 1 heteroatoms. The van der Waals surface area contributed by atoms with E-state index in [9.17, 15) is 0 Å². The van der Waals surface area contributed by atoms with Crippen LogP contribution in [0.2, 0.25) is 0 Å². The number of fused-ring (bicyclic) bond motifs is 3. The second kappa shape index (κ2) is 10.0. The largest absolute Gasteiger partial charge is 0.118 e. The SMILES string of the molecule is C=C(C(C)C)C(CC(C)C1CCC2CC(=C)C3CCCCC3(C)C2CCC1(C)C)PC. The summed E-state index contributed by atoms with van der Waals surface area (Å²) >= 11 is 0. The monoisotopic (exact) mass is 444 g/mol. The van der Waals surface area contributed by atoms with Gasteiger partial charge in [0.05, 0.1) is 0 Å². The third kappa shape index (κ3) is 5.20. The molecule has 3 aliphatic rings. The van der Waals surface area contributed by atoms with Gasteiger partial charge in [0.1, 0.15) is 0 Å². The summed E-state index contributed by atoms with van der Waals surface area (Å²) in [5.74, 6) is 4.90. The van der Waals surface area contributed by atoms with Crippen LogP contribution >= 0.6 is 8.58 Å². The zero-order valence-corrected chi connectivity index (χ0v) is 23.0. The van der Waals surface area contributed by atoms with E-state index in [1.807, 2.05) is 0 Å². The molecule has 0 amide bonds. The van der Waals surface area contributed by atoms with E-state index >= 15 is 0 Å². The lowest BCUT2D eigenvalue weighted by atomic mass is 9.48. The van der Waals surface area contributed by atoms with E-state index in [2.05, 4.69) is 61.4 Å². The van der Waals surface area contributed by atoms with Crippen LogP contribution in [-0.2, 0) is 0 Å². The molecular weight excluding hydrogens is 391 g/mol. The van der Waals surface area contributed by atoms with Gasteiger partial charge in [-0.15, -0.1) is 8.58 Å². The maximum absolute atomic E-state index is 4.65. The van der Waals surface area contributed by atoms with Gasteiger partial charge in [0.25, 0.3) is 0 Å². The van der Waals surface area contributed by atoms with Gasteiger partial charge >= 0.3 is 0 Å². The normalized spacial score (nSPS) is 38.3. The van der Waals surface area contributed by atoms with Crippen LogP contribution in [0.15, 0.2) is 24.3 Å². The fraction of sp³-hybridized carbons (Fsp3) is 0.867. The molecular formula is C30H53P. The molecule has 0 aromatic rings. The van der Waals surface area contributed by atoms with E-state index in [-0.39, 0.29) is 0 Å². The number of allylic oxidation sites excluding steroid dienone is 2. The van der Waals surface area contributed by atoms with Crippen LogP contribution in [0.5, 0.6) is 0 Å². The maximum Gasteiger partial charge on any atom is -0.00270 e. The van der Waals surface area contributed by atoms with E-state index in [1.54, 1.807) is 5.57 Å². The molecule has 0 spiro atoms. The van der Waals surface area contributed by atoms with Gasteiger partial charge in [0, 0.05) is 0 Å². The highest BCUT2D eigenvalue weighted by atomic mass is 31.1. The summed E-state index contributed by atoms with van der Waals surface area (Å²) in [7, 11) is 0.989. The lowest BCUT2D eigenvalue weighted by molar-refractivity contribution is -0.0372. The van der Waals surface area contributed by atoms with Crippen molar-refractivity contribution in [2.24, 2.45) is 46.3 Å². The molecule has 3 rings (SSSR count). The Morgan fingerprint density at radius 3 is 2.39 bits per heavy atom. The highest BCUT2D eigenvalue weighted by molar-refractivity contribution is 7.38. The smallest absolute Gasteiger partial charge is 0.00270 e. The van der Waals surface area contributed by atoms with Crippen molar-refractivity contribution in [3.05, 3.63) is 24.3 Å². The second-order valence-corrected chi connectivity index (χ2v) is 14.3. The predicted octanol–water partition coefficient (Wildman–Crippen LogP) is 9.51. The van der Waals surface area contributed by atoms with Crippen molar-refractivity contribution in [3.63, 3.8) is 0 Å². The molecule has 0 aromatic carbocycles. The number of hydrogen-bond donors (Lipinski definition) is 0. The first-order valence-corrected chi connectivity index (χ1v) is 15.1. The molecule has 0 saturated heterocycles. The molecule has 3 fully saturated rings. The summed E-state index contributed by atoms with van der Waals surface area (Å²) in [6.45, 7) is 26.7. The summed E-state index contributed by atoms with van der Waals surface area (Å²) in [6.07, 6.45) is 14.2. The van der Waals surface area contributed by atoms with E-state index < -0.39 is 0 Å². The molecule has 8 unspecified atom stereocenters. The predicted molar refractivity (Wildman–Crippen MR) is 142 cm³/mol. The van der Waals surface area contributed by atoms with Crippen molar-refractivity contribution in [2.45, 2.75) is 111 Å². The van der Waals surface area contributed by atoms with Crippen molar-refractivity contribution >= 4 is 8.58 Å². The first-order valence-electron chi connectivity index (χ1n) is 13.5. The average Bonchev–Trinajstić information content (AvgIpc) is 2.69. The minimum absolute atomic E-state index is 0.458. The van der Waals surface area contributed by atoms with Gasteiger partial charge in [-0.3, -0.25) is 0 Å². The maximum atomic E-state index is 4.65. The quantitative estimate of drug-likeness (QED) is 0.282. The Labute approximate surface area is 197 Å². The standard InChI is InChI=1S/C30H53P/c1-20(2)23(5)28(31-9)19-22(4)25-14-13-24-18-21(3)26-12-10-11-16-30(26,8)27(24)15-17-29(25,6)7/h20,22,24-28,31H,3,5,10-19H2,1-2,4,6-9H3. The van der Waals surface area contributed by atoms with Crippen LogP contribution in [-0.4, -0.2) is 12.3 Å². The van der Waals surface area contributed by atoms with Crippen LogP contribution in [0.25, 0.3) is 0 Å². The number of hydrogen-bond acceptors (Lipinski definition) is 0. The van der Waals surface area contributed by atoms with Crippen LogP contribution in [0.3, 0.4) is 0 Å². The Kier molecular flexibility index (Phi) is 8.27. The lowest BCUT2D eigenvalue weighted by Gasteiger charge is -2.57. The Balaban J connectivity index is 1.76. The molecule has 8 atom stereocenters. The minimum atomic E-state index is 0.458. The van der Waals surface area contributed by atoms with E-state index in [0.717, 1.165) is 43.8 Å². The molecule has 3 saturated carbocycles. The van der Waals surface area contributed by atoms with Crippen LogP contribution in [0.1, 0.15) is 106 Å². The molecule has 0 nitrogen and oxygen atoms in total. The molecule has 3 aliphatic carbocycles. The van der Waals surface area contributed by atoms with Crippen molar-refractivity contribution in [1.82, 2.24) is 0 Å². The Hall–Kier alpha value is -0.0900. The average molecular weight is 445 g/mol. The molecule has 178 valence electrons. The zero-order valence-electron chi connectivity index (χ0n) is 22.0. The minimum Gasteiger partial charge on any atom is -0.118 e. The van der Waals surface area contributed by atoms with Crippen molar-refractivity contribution in [2.75, 3.05) is 6.66 Å². The van der Waals surface area contributed by atoms with Gasteiger partial charge in [0.15, 0.2) is 0 Å². The van der Waals surface area contributed by atoms with Gasteiger partial charge in [-0.2, -0.15) is 0 Å². The molecule has 31 heavy (non-hydrogen) atoms. The second-order valence-electron chi connectivity index (χ2n) is 13.0. The molecule has 0 aromatic heterocycles. The Morgan fingerprint density at radius 2 is 1.74 bits per heavy atom. The Bertz CT molecular complexity index is 643. The highest BCUT2D eigenvalue weighted by Crippen LogP contribution is 2.61. The highest BCUT2D eigenvalue weighted by Gasteiger charge is 2.51. The van der Waals surface area contributed by atoms with E-state index in [0.29, 0.717) is 16.7 Å². The summed E-state index contributed by atoms with van der Waals surface area (Å²) in [5.41, 5.74) is 4.83. The summed E-state index contributed by atoms with van der Waals surface area (Å²) in [6, 6.07) is 0. The Morgan fingerprint density at radius 1 is 1.03 bits per heavy atom. The van der Waals surface area contributed by atoms with Crippen LogP contribution in [0, 0.1) is 46.3 Å². The molecule has 0 aliphatic heterocycles. The topological polar surface area (TPSA) is 0 Å². The van der Waals surface area contributed by atoms with Crippen LogP contribution in [0.4, 0.5) is 0 Å². The third-order valence-electron chi connectivity index (χ3n) is 10.5. The lowest BCUT2D eigenvalue weighted by Crippen LogP contribution is -2.48. The summed E-state index contributed by atoms with van der Waals surface area (Å²) in [4.78, 5) is 0. The van der Waals surface area contributed by atoms with Crippen LogP contribution < -0.4 is 0 Å². The molecule has 0 heterocycles. The van der Waals surface area contributed by atoms with Gasteiger partial charge in [-0.1, -0.05) is 78.7 Å². The molecule has 0 bridgehead atoms. The zero-order chi connectivity index (χ0) is 23.0. The van der Waals surface area contributed by atoms with Gasteiger partial charge in [0.2, 0.25) is 0 Å². The first kappa shape index (κ1) is 25.5. The fourth-order valence-corrected chi connectivity index (χ4v) is 9.76. The van der Waals surface area contributed by atoms with Gasteiger partial charge in [-0.05, 0) is 110 Å². The molecule has 0 N–H and O–H groups in total. The van der Waals surface area contributed by atoms with E-state index in [4.69, 9.17) is 0 Å².